The van der Waals surface area contributed by atoms with Crippen LogP contribution in [0.25, 0.3) is 0 Å². The molecule has 0 aromatic carbocycles. The van der Waals surface area contributed by atoms with Gasteiger partial charge in [-0.1, -0.05) is 23.8 Å². The molecule has 50 valence electrons. The maximum absolute atomic E-state index is 5.47. The molecule has 0 aromatic heterocycles. The third-order valence-corrected chi connectivity index (χ3v) is 1.68. The molecule has 1 atom stereocenters. The van der Waals surface area contributed by atoms with E-state index in [1.165, 1.54) is 5.57 Å². The Kier molecular flexibility index (Phi) is 2.06. The molecule has 1 aliphatic carbocycles. The van der Waals surface area contributed by atoms with E-state index in [9.17, 15) is 0 Å². The third kappa shape index (κ3) is 1.68. The fourth-order valence-corrected chi connectivity index (χ4v) is 0.947. The molecule has 0 amide bonds. The average Bonchev–Trinajstić information content (AvgIpc) is 1.90. The van der Waals surface area contributed by atoms with Crippen molar-refractivity contribution >= 4 is 0 Å². The van der Waals surface area contributed by atoms with Crippen LogP contribution in [0, 0.1) is 5.92 Å². The summed E-state index contributed by atoms with van der Waals surface area (Å²) in [6.07, 6.45) is 7.69. The van der Waals surface area contributed by atoms with Gasteiger partial charge in [0.1, 0.15) is 0 Å². The summed E-state index contributed by atoms with van der Waals surface area (Å²) in [5.41, 5.74) is 6.83. The standard InChI is InChI=1S/C8H13N/c1-7-2-4-8(6-9)5-3-7/h2-4,8H,5-6,9H2,1H3. The van der Waals surface area contributed by atoms with Crippen LogP contribution in [0.15, 0.2) is 23.8 Å². The van der Waals surface area contributed by atoms with E-state index in [0.717, 1.165) is 13.0 Å². The van der Waals surface area contributed by atoms with E-state index in [1.807, 2.05) is 0 Å². The maximum Gasteiger partial charge on any atom is -0.00111 e. The van der Waals surface area contributed by atoms with E-state index in [4.69, 9.17) is 5.73 Å². The van der Waals surface area contributed by atoms with Crippen LogP contribution in [-0.4, -0.2) is 6.54 Å². The minimum Gasteiger partial charge on any atom is -0.330 e. The molecule has 1 heteroatoms. The SMILES string of the molecule is CC1=CCC(CN)C=C1. The van der Waals surface area contributed by atoms with Crippen molar-refractivity contribution in [2.24, 2.45) is 11.7 Å². The first kappa shape index (κ1) is 6.56. The van der Waals surface area contributed by atoms with E-state index in [0.29, 0.717) is 5.92 Å². The Bertz CT molecular complexity index is 145. The molecule has 0 spiro atoms. The minimum absolute atomic E-state index is 0.591. The second-order valence-corrected chi connectivity index (χ2v) is 2.54. The summed E-state index contributed by atoms with van der Waals surface area (Å²) < 4.78 is 0. The summed E-state index contributed by atoms with van der Waals surface area (Å²) in [4.78, 5) is 0. The molecule has 1 aliphatic rings. The molecule has 1 unspecified atom stereocenters. The first-order chi connectivity index (χ1) is 4.33. The van der Waals surface area contributed by atoms with Crippen molar-refractivity contribution < 1.29 is 0 Å². The van der Waals surface area contributed by atoms with Crippen molar-refractivity contribution in [1.82, 2.24) is 0 Å². The lowest BCUT2D eigenvalue weighted by molar-refractivity contribution is 0.665. The molecule has 0 aliphatic heterocycles. The highest BCUT2D eigenvalue weighted by atomic mass is 14.5. The molecule has 0 bridgehead atoms. The highest BCUT2D eigenvalue weighted by Crippen LogP contribution is 2.13. The molecule has 0 saturated heterocycles. The fourth-order valence-electron chi connectivity index (χ4n) is 0.947. The van der Waals surface area contributed by atoms with Gasteiger partial charge < -0.3 is 5.73 Å². The molecule has 0 saturated carbocycles. The number of rotatable bonds is 1. The highest BCUT2D eigenvalue weighted by Gasteiger charge is 2.02. The van der Waals surface area contributed by atoms with Crippen LogP contribution >= 0.6 is 0 Å². The largest absolute Gasteiger partial charge is 0.330 e. The summed E-state index contributed by atoms with van der Waals surface area (Å²) in [7, 11) is 0. The second kappa shape index (κ2) is 2.83. The molecule has 1 nitrogen and oxygen atoms in total. The normalized spacial score (nSPS) is 26.0. The van der Waals surface area contributed by atoms with Crippen LogP contribution in [0.5, 0.6) is 0 Å². The van der Waals surface area contributed by atoms with Gasteiger partial charge in [0.15, 0.2) is 0 Å². The summed E-state index contributed by atoms with van der Waals surface area (Å²) in [5, 5.41) is 0. The predicted octanol–water partition coefficient (Wildman–Crippen LogP) is 1.47. The van der Waals surface area contributed by atoms with Crippen molar-refractivity contribution in [3.63, 3.8) is 0 Å². The lowest BCUT2D eigenvalue weighted by Crippen LogP contribution is -2.12. The van der Waals surface area contributed by atoms with E-state index in [-0.39, 0.29) is 0 Å². The van der Waals surface area contributed by atoms with Gasteiger partial charge in [0, 0.05) is 0 Å². The maximum atomic E-state index is 5.47. The number of nitrogens with two attached hydrogens (primary N) is 1. The van der Waals surface area contributed by atoms with E-state index in [2.05, 4.69) is 25.2 Å². The Morgan fingerprint density at radius 1 is 1.78 bits per heavy atom. The van der Waals surface area contributed by atoms with Crippen molar-refractivity contribution in [2.75, 3.05) is 6.54 Å². The number of hydrogen-bond donors (Lipinski definition) is 1. The van der Waals surface area contributed by atoms with Gasteiger partial charge in [0.2, 0.25) is 0 Å². The van der Waals surface area contributed by atoms with Crippen molar-refractivity contribution in [3.8, 4) is 0 Å². The number of hydrogen-bond acceptors (Lipinski definition) is 1. The molecular weight excluding hydrogens is 110 g/mol. The van der Waals surface area contributed by atoms with Crippen LogP contribution in [0.2, 0.25) is 0 Å². The molecule has 1 rings (SSSR count). The van der Waals surface area contributed by atoms with Gasteiger partial charge in [-0.3, -0.25) is 0 Å². The second-order valence-electron chi connectivity index (χ2n) is 2.54. The average molecular weight is 123 g/mol. The Labute approximate surface area is 56.2 Å². The quantitative estimate of drug-likeness (QED) is 0.561. The lowest BCUT2D eigenvalue weighted by Gasteiger charge is -2.10. The first-order valence-corrected chi connectivity index (χ1v) is 3.38. The molecule has 2 N–H and O–H groups in total. The summed E-state index contributed by atoms with van der Waals surface area (Å²) in [5.74, 6) is 0.591. The monoisotopic (exact) mass is 123 g/mol. The molecule has 0 heterocycles. The molecule has 0 fully saturated rings. The Morgan fingerprint density at radius 2 is 2.56 bits per heavy atom. The molecular formula is C8H13N. The zero-order chi connectivity index (χ0) is 6.69. The van der Waals surface area contributed by atoms with Crippen LogP contribution in [0.4, 0.5) is 0 Å². The van der Waals surface area contributed by atoms with Crippen LogP contribution in [0.3, 0.4) is 0 Å². The van der Waals surface area contributed by atoms with Gasteiger partial charge in [-0.15, -0.1) is 0 Å². The Hall–Kier alpha value is -0.560. The van der Waals surface area contributed by atoms with Crippen molar-refractivity contribution in [2.45, 2.75) is 13.3 Å². The summed E-state index contributed by atoms with van der Waals surface area (Å²) >= 11 is 0. The minimum atomic E-state index is 0.591. The van der Waals surface area contributed by atoms with Gasteiger partial charge >= 0.3 is 0 Å². The van der Waals surface area contributed by atoms with Gasteiger partial charge in [-0.2, -0.15) is 0 Å². The highest BCUT2D eigenvalue weighted by molar-refractivity contribution is 5.21. The third-order valence-electron chi connectivity index (χ3n) is 1.68. The molecule has 0 aromatic rings. The van der Waals surface area contributed by atoms with Crippen LogP contribution in [-0.2, 0) is 0 Å². The van der Waals surface area contributed by atoms with E-state index >= 15 is 0 Å². The molecule has 0 radical (unpaired) electrons. The van der Waals surface area contributed by atoms with Crippen molar-refractivity contribution in [1.29, 1.82) is 0 Å². The van der Waals surface area contributed by atoms with Crippen LogP contribution in [0.1, 0.15) is 13.3 Å². The van der Waals surface area contributed by atoms with Gasteiger partial charge in [0.25, 0.3) is 0 Å². The molecule has 9 heavy (non-hydrogen) atoms. The van der Waals surface area contributed by atoms with Crippen LogP contribution < -0.4 is 5.73 Å². The van der Waals surface area contributed by atoms with E-state index < -0.39 is 0 Å². The zero-order valence-electron chi connectivity index (χ0n) is 5.80. The van der Waals surface area contributed by atoms with Gasteiger partial charge in [0.05, 0.1) is 0 Å². The van der Waals surface area contributed by atoms with Crippen molar-refractivity contribution in [3.05, 3.63) is 23.8 Å². The van der Waals surface area contributed by atoms with Gasteiger partial charge in [-0.25, -0.2) is 0 Å². The Morgan fingerprint density at radius 3 is 3.00 bits per heavy atom. The topological polar surface area (TPSA) is 26.0 Å². The van der Waals surface area contributed by atoms with Gasteiger partial charge in [-0.05, 0) is 25.8 Å². The summed E-state index contributed by atoms with van der Waals surface area (Å²) in [6, 6.07) is 0. The smallest absolute Gasteiger partial charge is 0.00111 e. The predicted molar refractivity (Wildman–Crippen MR) is 40.1 cm³/mol. The first-order valence-electron chi connectivity index (χ1n) is 3.38. The lowest BCUT2D eigenvalue weighted by atomic mass is 9.98. The number of allylic oxidation sites excluding steroid dienone is 3. The summed E-state index contributed by atoms with van der Waals surface area (Å²) in [6.45, 7) is 2.89. The Balaban J connectivity index is 2.48. The zero-order valence-corrected chi connectivity index (χ0v) is 5.80. The fraction of sp³-hybridized carbons (Fsp3) is 0.500. The van der Waals surface area contributed by atoms with E-state index in [1.54, 1.807) is 0 Å².